The minimum Gasteiger partial charge on any atom is -0.399 e. The van der Waals surface area contributed by atoms with Gasteiger partial charge in [-0.15, -0.1) is 0 Å². The standard InChI is InChI=1S/C16H25N3O/c1-12(2)8-10-19(14-5-3-4-6-14)16(20)15-11-13(17)7-9-18-15/h7,9,11-12,14H,3-6,8,10H2,1-2H3,(H2,17,18). The highest BCUT2D eigenvalue weighted by Gasteiger charge is 2.27. The number of pyridine rings is 1. The average Bonchev–Trinajstić information content (AvgIpc) is 2.92. The first kappa shape index (κ1) is 14.8. The monoisotopic (exact) mass is 275 g/mol. The second kappa shape index (κ2) is 6.73. The Kier molecular flexibility index (Phi) is 4.99. The molecule has 1 aromatic heterocycles. The van der Waals surface area contributed by atoms with Crippen molar-refractivity contribution in [2.24, 2.45) is 5.92 Å². The highest BCUT2D eigenvalue weighted by atomic mass is 16.2. The predicted molar refractivity (Wildman–Crippen MR) is 81.4 cm³/mol. The van der Waals surface area contributed by atoms with Gasteiger partial charge in [0, 0.05) is 24.5 Å². The molecular weight excluding hydrogens is 250 g/mol. The third-order valence-electron chi connectivity index (χ3n) is 3.98. The number of hydrogen-bond acceptors (Lipinski definition) is 3. The van der Waals surface area contributed by atoms with E-state index in [2.05, 4.69) is 18.8 Å². The number of anilines is 1. The summed E-state index contributed by atoms with van der Waals surface area (Å²) in [6.45, 7) is 5.20. The molecule has 0 atom stereocenters. The van der Waals surface area contributed by atoms with Crippen molar-refractivity contribution in [2.45, 2.75) is 52.0 Å². The lowest BCUT2D eigenvalue weighted by molar-refractivity contribution is 0.0666. The third-order valence-corrected chi connectivity index (χ3v) is 3.98. The van der Waals surface area contributed by atoms with Crippen molar-refractivity contribution in [1.82, 2.24) is 9.88 Å². The number of nitrogens with two attached hydrogens (primary N) is 1. The molecule has 4 nitrogen and oxygen atoms in total. The number of nitrogen functional groups attached to an aromatic ring is 1. The van der Waals surface area contributed by atoms with E-state index in [4.69, 9.17) is 5.73 Å². The fourth-order valence-electron chi connectivity index (χ4n) is 2.77. The molecule has 0 radical (unpaired) electrons. The second-order valence-corrected chi connectivity index (χ2v) is 6.09. The Bertz CT molecular complexity index is 453. The first-order valence-corrected chi connectivity index (χ1v) is 7.60. The van der Waals surface area contributed by atoms with Gasteiger partial charge in [-0.1, -0.05) is 26.7 Å². The van der Waals surface area contributed by atoms with Crippen LogP contribution >= 0.6 is 0 Å². The number of carbonyl (C=O) groups is 1. The van der Waals surface area contributed by atoms with E-state index in [9.17, 15) is 4.79 Å². The largest absolute Gasteiger partial charge is 0.399 e. The Morgan fingerprint density at radius 2 is 2.15 bits per heavy atom. The van der Waals surface area contributed by atoms with Gasteiger partial charge in [0.15, 0.2) is 0 Å². The Labute approximate surface area is 121 Å². The van der Waals surface area contributed by atoms with E-state index < -0.39 is 0 Å². The molecule has 1 saturated carbocycles. The maximum Gasteiger partial charge on any atom is 0.272 e. The third kappa shape index (κ3) is 3.71. The van der Waals surface area contributed by atoms with E-state index in [0.29, 0.717) is 23.3 Å². The minimum absolute atomic E-state index is 0.0323. The maximum absolute atomic E-state index is 12.7. The molecule has 110 valence electrons. The summed E-state index contributed by atoms with van der Waals surface area (Å²) >= 11 is 0. The van der Waals surface area contributed by atoms with Gasteiger partial charge in [-0.2, -0.15) is 0 Å². The van der Waals surface area contributed by atoms with Crippen molar-refractivity contribution in [1.29, 1.82) is 0 Å². The summed E-state index contributed by atoms with van der Waals surface area (Å²) in [5.41, 5.74) is 6.83. The molecule has 1 aliphatic carbocycles. The van der Waals surface area contributed by atoms with Crippen LogP contribution in [0.3, 0.4) is 0 Å². The molecule has 0 aliphatic heterocycles. The first-order chi connectivity index (χ1) is 9.58. The molecule has 0 spiro atoms. The first-order valence-electron chi connectivity index (χ1n) is 7.60. The fraction of sp³-hybridized carbons (Fsp3) is 0.625. The van der Waals surface area contributed by atoms with Gasteiger partial charge in [0.25, 0.3) is 5.91 Å². The number of carbonyl (C=O) groups excluding carboxylic acids is 1. The second-order valence-electron chi connectivity index (χ2n) is 6.09. The quantitative estimate of drug-likeness (QED) is 0.898. The smallest absolute Gasteiger partial charge is 0.272 e. The summed E-state index contributed by atoms with van der Waals surface area (Å²) < 4.78 is 0. The van der Waals surface area contributed by atoms with Gasteiger partial charge in [0.1, 0.15) is 5.69 Å². The summed E-state index contributed by atoms with van der Waals surface area (Å²) in [6.07, 6.45) is 7.32. The molecule has 0 saturated heterocycles. The van der Waals surface area contributed by atoms with E-state index in [1.807, 2.05) is 4.90 Å². The summed E-state index contributed by atoms with van der Waals surface area (Å²) in [6, 6.07) is 3.77. The maximum atomic E-state index is 12.7. The number of rotatable bonds is 5. The van der Waals surface area contributed by atoms with Gasteiger partial charge in [-0.05, 0) is 37.3 Å². The van der Waals surface area contributed by atoms with Crippen molar-refractivity contribution in [3.05, 3.63) is 24.0 Å². The fourth-order valence-corrected chi connectivity index (χ4v) is 2.77. The molecule has 0 bridgehead atoms. The molecule has 0 aromatic carbocycles. The molecule has 1 amide bonds. The Balaban J connectivity index is 2.14. The molecule has 1 heterocycles. The molecule has 2 N–H and O–H groups in total. The molecular formula is C16H25N3O. The summed E-state index contributed by atoms with van der Waals surface area (Å²) in [5, 5.41) is 0. The van der Waals surface area contributed by atoms with Crippen molar-refractivity contribution >= 4 is 11.6 Å². The van der Waals surface area contributed by atoms with E-state index in [1.54, 1.807) is 18.3 Å². The van der Waals surface area contributed by atoms with E-state index in [0.717, 1.165) is 25.8 Å². The van der Waals surface area contributed by atoms with Crippen molar-refractivity contribution in [2.75, 3.05) is 12.3 Å². The van der Waals surface area contributed by atoms with Crippen LogP contribution in [0, 0.1) is 5.92 Å². The molecule has 4 heteroatoms. The molecule has 0 unspecified atom stereocenters. The van der Waals surface area contributed by atoms with Gasteiger partial charge in [-0.3, -0.25) is 9.78 Å². The van der Waals surface area contributed by atoms with Gasteiger partial charge < -0.3 is 10.6 Å². The van der Waals surface area contributed by atoms with Crippen molar-refractivity contribution < 1.29 is 4.79 Å². The van der Waals surface area contributed by atoms with Gasteiger partial charge in [0.05, 0.1) is 0 Å². The molecule has 1 aliphatic rings. The molecule has 20 heavy (non-hydrogen) atoms. The molecule has 1 fully saturated rings. The van der Waals surface area contributed by atoms with Gasteiger partial charge in [0.2, 0.25) is 0 Å². The highest BCUT2D eigenvalue weighted by molar-refractivity contribution is 5.93. The SMILES string of the molecule is CC(C)CCN(C(=O)c1cc(N)ccn1)C1CCCC1. The van der Waals surface area contributed by atoms with Crippen LogP contribution in [-0.2, 0) is 0 Å². The topological polar surface area (TPSA) is 59.2 Å². The van der Waals surface area contributed by atoms with Gasteiger partial charge >= 0.3 is 0 Å². The van der Waals surface area contributed by atoms with Crippen LogP contribution in [0.5, 0.6) is 0 Å². The van der Waals surface area contributed by atoms with Crippen molar-refractivity contribution in [3.8, 4) is 0 Å². The van der Waals surface area contributed by atoms with E-state index in [1.165, 1.54) is 12.8 Å². The number of aromatic nitrogens is 1. The van der Waals surface area contributed by atoms with Crippen LogP contribution in [0.4, 0.5) is 5.69 Å². The number of hydrogen-bond donors (Lipinski definition) is 1. The lowest BCUT2D eigenvalue weighted by atomic mass is 10.1. The van der Waals surface area contributed by atoms with Crippen LogP contribution in [0.15, 0.2) is 18.3 Å². The van der Waals surface area contributed by atoms with Crippen LogP contribution in [0.25, 0.3) is 0 Å². The predicted octanol–water partition coefficient (Wildman–Crippen LogP) is 3.09. The zero-order chi connectivity index (χ0) is 14.5. The summed E-state index contributed by atoms with van der Waals surface area (Å²) in [5.74, 6) is 0.630. The number of nitrogens with zero attached hydrogens (tertiary/aromatic N) is 2. The van der Waals surface area contributed by atoms with Crippen molar-refractivity contribution in [3.63, 3.8) is 0 Å². The van der Waals surface area contributed by atoms with E-state index in [-0.39, 0.29) is 5.91 Å². The lowest BCUT2D eigenvalue weighted by Crippen LogP contribution is -2.40. The normalized spacial score (nSPS) is 15.8. The van der Waals surface area contributed by atoms with Crippen LogP contribution in [0.2, 0.25) is 0 Å². The Morgan fingerprint density at radius 1 is 1.45 bits per heavy atom. The Hall–Kier alpha value is -1.58. The van der Waals surface area contributed by atoms with Crippen LogP contribution in [0.1, 0.15) is 56.4 Å². The lowest BCUT2D eigenvalue weighted by Gasteiger charge is -2.29. The zero-order valence-corrected chi connectivity index (χ0v) is 12.5. The molecule has 1 aromatic rings. The van der Waals surface area contributed by atoms with Crippen LogP contribution in [-0.4, -0.2) is 28.4 Å². The Morgan fingerprint density at radius 3 is 2.75 bits per heavy atom. The highest BCUT2D eigenvalue weighted by Crippen LogP contribution is 2.25. The molecule has 2 rings (SSSR count). The summed E-state index contributed by atoms with van der Waals surface area (Å²) in [7, 11) is 0. The van der Waals surface area contributed by atoms with Crippen LogP contribution < -0.4 is 5.73 Å². The number of amides is 1. The minimum atomic E-state index is 0.0323. The van der Waals surface area contributed by atoms with E-state index >= 15 is 0 Å². The average molecular weight is 275 g/mol. The summed E-state index contributed by atoms with van der Waals surface area (Å²) in [4.78, 5) is 18.9. The van der Waals surface area contributed by atoms with Gasteiger partial charge in [-0.25, -0.2) is 0 Å². The zero-order valence-electron chi connectivity index (χ0n) is 12.5.